The molecule has 1 rings (SSSR count). The van der Waals surface area contributed by atoms with Crippen molar-refractivity contribution in [2.75, 3.05) is 6.54 Å². The molecule has 90 valence electrons. The van der Waals surface area contributed by atoms with Gasteiger partial charge in [0.2, 0.25) is 0 Å². The second-order valence-electron chi connectivity index (χ2n) is 4.90. The van der Waals surface area contributed by atoms with E-state index in [1.54, 1.807) is 19.6 Å². The zero-order valence-electron chi connectivity index (χ0n) is 9.32. The summed E-state index contributed by atoms with van der Waals surface area (Å²) in [7, 11) is -2.16. The Kier molecular flexibility index (Phi) is 3.84. The quantitative estimate of drug-likeness (QED) is 0.767. The molecule has 0 aromatic carbocycles. The smallest absolute Gasteiger partial charge is 0.405 e. The highest BCUT2D eigenvalue weighted by atomic mass is 28.4. The Morgan fingerprint density at radius 3 is 2.27 bits per heavy atom. The molecule has 2 unspecified atom stereocenters. The first-order valence-electron chi connectivity index (χ1n) is 5.18. The van der Waals surface area contributed by atoms with E-state index in [0.29, 0.717) is 13.0 Å². The minimum absolute atomic E-state index is 0.550. The molecule has 0 amide bonds. The largest absolute Gasteiger partial charge is 0.414 e. The molecule has 2 atom stereocenters. The van der Waals surface area contributed by atoms with Gasteiger partial charge in [-0.2, -0.15) is 13.2 Å². The van der Waals surface area contributed by atoms with Crippen LogP contribution in [0.3, 0.4) is 0 Å². The third kappa shape index (κ3) is 4.12. The second kappa shape index (κ2) is 4.43. The lowest BCUT2D eigenvalue weighted by molar-refractivity contribution is -0.204. The first kappa shape index (κ1) is 13.0. The molecule has 0 saturated carbocycles. The van der Waals surface area contributed by atoms with Gasteiger partial charge in [-0.3, -0.25) is 0 Å². The summed E-state index contributed by atoms with van der Waals surface area (Å²) in [6.45, 7) is 5.99. The molecule has 15 heavy (non-hydrogen) atoms. The summed E-state index contributed by atoms with van der Waals surface area (Å²) in [5.74, 6) is 0. The molecular formula is C9H18F3NOSi. The Hall–Kier alpha value is -0.0731. The third-order valence-corrected chi connectivity index (χ3v) is 3.23. The first-order valence-corrected chi connectivity index (χ1v) is 8.59. The van der Waals surface area contributed by atoms with Crippen LogP contribution in [-0.2, 0) is 4.43 Å². The van der Waals surface area contributed by atoms with Crippen LogP contribution >= 0.6 is 0 Å². The zero-order chi connectivity index (χ0) is 11.7. The number of rotatable bonds is 3. The molecule has 0 radical (unpaired) electrons. The average Bonchev–Trinajstić information content (AvgIpc) is 2.47. The minimum atomic E-state index is -4.26. The van der Waals surface area contributed by atoms with Crippen LogP contribution < -0.4 is 5.32 Å². The monoisotopic (exact) mass is 241 g/mol. The average molecular weight is 241 g/mol. The van der Waals surface area contributed by atoms with E-state index in [9.17, 15) is 13.2 Å². The van der Waals surface area contributed by atoms with E-state index >= 15 is 0 Å². The van der Waals surface area contributed by atoms with Crippen molar-refractivity contribution in [3.63, 3.8) is 0 Å². The van der Waals surface area contributed by atoms with Crippen LogP contribution in [0.15, 0.2) is 0 Å². The molecule has 1 heterocycles. The van der Waals surface area contributed by atoms with Gasteiger partial charge in [0.15, 0.2) is 14.4 Å². The second-order valence-corrected chi connectivity index (χ2v) is 9.36. The van der Waals surface area contributed by atoms with E-state index in [1.165, 1.54) is 0 Å². The molecule has 0 aromatic heterocycles. The van der Waals surface area contributed by atoms with Crippen molar-refractivity contribution in [3.05, 3.63) is 0 Å². The Morgan fingerprint density at radius 1 is 1.33 bits per heavy atom. The van der Waals surface area contributed by atoms with Crippen molar-refractivity contribution in [3.8, 4) is 0 Å². The molecule has 0 aromatic rings. The highest BCUT2D eigenvalue weighted by Gasteiger charge is 2.48. The summed E-state index contributed by atoms with van der Waals surface area (Å²) >= 11 is 0. The lowest BCUT2D eigenvalue weighted by Crippen LogP contribution is -2.51. The Labute approximate surface area is 89.3 Å². The normalized spacial score (nSPS) is 25.6. The Balaban J connectivity index is 2.69. The summed E-state index contributed by atoms with van der Waals surface area (Å²) in [5, 5.41) is 2.86. The highest BCUT2D eigenvalue weighted by Crippen LogP contribution is 2.30. The van der Waals surface area contributed by atoms with Crippen molar-refractivity contribution in [1.82, 2.24) is 5.32 Å². The molecule has 1 aliphatic heterocycles. The lowest BCUT2D eigenvalue weighted by atomic mass is 10.1. The first-order chi connectivity index (χ1) is 6.70. The molecule has 1 fully saturated rings. The van der Waals surface area contributed by atoms with Crippen LogP contribution in [0.25, 0.3) is 0 Å². The van der Waals surface area contributed by atoms with Gasteiger partial charge in [0.05, 0.1) is 0 Å². The van der Waals surface area contributed by atoms with Crippen molar-refractivity contribution in [1.29, 1.82) is 0 Å². The molecule has 1 saturated heterocycles. The van der Waals surface area contributed by atoms with Gasteiger partial charge in [-0.05, 0) is 39.0 Å². The van der Waals surface area contributed by atoms with Gasteiger partial charge in [0.25, 0.3) is 0 Å². The number of hydrogen-bond donors (Lipinski definition) is 1. The fourth-order valence-electron chi connectivity index (χ4n) is 1.73. The van der Waals surface area contributed by atoms with Gasteiger partial charge in [-0.1, -0.05) is 0 Å². The lowest BCUT2D eigenvalue weighted by Gasteiger charge is -2.32. The number of alkyl halides is 3. The fraction of sp³-hybridized carbons (Fsp3) is 1.00. The predicted octanol–water partition coefficient (Wildman–Crippen LogP) is 2.52. The van der Waals surface area contributed by atoms with Crippen LogP contribution in [0.4, 0.5) is 13.2 Å². The highest BCUT2D eigenvalue weighted by molar-refractivity contribution is 6.69. The van der Waals surface area contributed by atoms with Crippen LogP contribution in [0, 0.1) is 0 Å². The third-order valence-electron chi connectivity index (χ3n) is 2.27. The molecular weight excluding hydrogens is 223 g/mol. The van der Waals surface area contributed by atoms with Crippen LogP contribution in [0.5, 0.6) is 0 Å². The van der Waals surface area contributed by atoms with Gasteiger partial charge in [-0.15, -0.1) is 0 Å². The molecule has 1 aliphatic rings. The minimum Gasteiger partial charge on any atom is -0.405 e. The standard InChI is InChI=1S/C9H18F3NOSi/c1-15(2,3)14-8(9(10,11)12)7-5-4-6-13-7/h7-8,13H,4-6H2,1-3H3. The summed E-state index contributed by atoms with van der Waals surface area (Å²) < 4.78 is 43.5. The molecule has 6 heteroatoms. The van der Waals surface area contributed by atoms with Crippen LogP contribution in [-0.4, -0.2) is 33.2 Å². The predicted molar refractivity (Wildman–Crippen MR) is 55.3 cm³/mol. The molecule has 0 aliphatic carbocycles. The molecule has 0 spiro atoms. The van der Waals surface area contributed by atoms with Crippen LogP contribution in [0.2, 0.25) is 19.6 Å². The molecule has 1 N–H and O–H groups in total. The van der Waals surface area contributed by atoms with Gasteiger partial charge in [0, 0.05) is 6.04 Å². The van der Waals surface area contributed by atoms with Gasteiger partial charge >= 0.3 is 6.18 Å². The van der Waals surface area contributed by atoms with Crippen LogP contribution in [0.1, 0.15) is 12.8 Å². The Bertz CT molecular complexity index is 208. The van der Waals surface area contributed by atoms with Crippen molar-refractivity contribution in [2.24, 2.45) is 0 Å². The van der Waals surface area contributed by atoms with Gasteiger partial charge in [0.1, 0.15) is 0 Å². The fourth-order valence-corrected chi connectivity index (χ4v) is 2.79. The summed E-state index contributed by atoms with van der Waals surface area (Å²) in [5.41, 5.74) is 0. The molecule has 2 nitrogen and oxygen atoms in total. The van der Waals surface area contributed by atoms with E-state index in [4.69, 9.17) is 4.43 Å². The SMILES string of the molecule is C[Si](C)(C)OC(C1CCCN1)C(F)(F)F. The van der Waals surface area contributed by atoms with E-state index < -0.39 is 26.6 Å². The number of halogens is 3. The maximum atomic E-state index is 12.8. The van der Waals surface area contributed by atoms with Gasteiger partial charge < -0.3 is 9.74 Å². The summed E-state index contributed by atoms with van der Waals surface area (Å²) in [4.78, 5) is 0. The maximum Gasteiger partial charge on any atom is 0.414 e. The van der Waals surface area contributed by atoms with Gasteiger partial charge in [-0.25, -0.2) is 0 Å². The van der Waals surface area contributed by atoms with Crippen molar-refractivity contribution >= 4 is 8.32 Å². The number of hydrogen-bond acceptors (Lipinski definition) is 2. The zero-order valence-corrected chi connectivity index (χ0v) is 10.3. The summed E-state index contributed by atoms with van der Waals surface area (Å²) in [6, 6.07) is -0.559. The van der Waals surface area contributed by atoms with E-state index in [1.807, 2.05) is 0 Å². The molecule has 0 bridgehead atoms. The van der Waals surface area contributed by atoms with Crippen molar-refractivity contribution in [2.45, 2.75) is 50.8 Å². The Morgan fingerprint density at radius 2 is 1.93 bits per heavy atom. The van der Waals surface area contributed by atoms with E-state index in [-0.39, 0.29) is 0 Å². The van der Waals surface area contributed by atoms with E-state index in [0.717, 1.165) is 6.42 Å². The number of nitrogens with one attached hydrogen (secondary N) is 1. The maximum absolute atomic E-state index is 12.8. The van der Waals surface area contributed by atoms with E-state index in [2.05, 4.69) is 5.32 Å². The van der Waals surface area contributed by atoms with Crippen molar-refractivity contribution < 1.29 is 17.6 Å². The summed E-state index contributed by atoms with van der Waals surface area (Å²) in [6.07, 6.45) is -4.55. The topological polar surface area (TPSA) is 21.3 Å².